The molecule has 8 heteroatoms. The molecule has 4 heterocycles. The Bertz CT molecular complexity index is 1230. The number of amides is 1. The number of aliphatic carboxylic acids is 1. The second-order valence-electron chi connectivity index (χ2n) is 10.4. The summed E-state index contributed by atoms with van der Waals surface area (Å²) in [7, 11) is 0. The van der Waals surface area contributed by atoms with Crippen molar-refractivity contribution in [3.63, 3.8) is 0 Å². The molecule has 1 unspecified atom stereocenters. The highest BCUT2D eigenvalue weighted by Crippen LogP contribution is 2.42. The summed E-state index contributed by atoms with van der Waals surface area (Å²) in [6.07, 6.45) is 11.8. The van der Waals surface area contributed by atoms with E-state index in [-0.39, 0.29) is 23.1 Å². The zero-order chi connectivity index (χ0) is 24.7. The van der Waals surface area contributed by atoms with Crippen LogP contribution in [0.15, 0.2) is 59.6 Å². The summed E-state index contributed by atoms with van der Waals surface area (Å²) >= 11 is 0. The number of hydrogen-bond donors (Lipinski definition) is 1. The third-order valence-electron chi connectivity index (χ3n) is 8.50. The molecule has 1 N–H and O–H groups in total. The van der Waals surface area contributed by atoms with E-state index in [4.69, 9.17) is 0 Å². The molecule has 0 radical (unpaired) electrons. The number of fused-ring (bicyclic) bond motifs is 1. The maximum absolute atomic E-state index is 13.6. The van der Waals surface area contributed by atoms with Gasteiger partial charge in [0.2, 0.25) is 0 Å². The van der Waals surface area contributed by atoms with E-state index in [1.807, 2.05) is 34.3 Å². The highest BCUT2D eigenvalue weighted by molar-refractivity contribution is 5.95. The van der Waals surface area contributed by atoms with Crippen molar-refractivity contribution >= 4 is 23.8 Å². The summed E-state index contributed by atoms with van der Waals surface area (Å²) in [5.74, 6) is -0.879. The molecule has 0 bridgehead atoms. The maximum atomic E-state index is 13.6. The zero-order valence-electron chi connectivity index (χ0n) is 20.3. The monoisotopic (exact) mass is 485 g/mol. The normalized spacial score (nSPS) is 22.6. The van der Waals surface area contributed by atoms with Gasteiger partial charge in [-0.25, -0.2) is 4.79 Å². The van der Waals surface area contributed by atoms with Gasteiger partial charge in [-0.1, -0.05) is 6.07 Å². The highest BCUT2D eigenvalue weighted by Gasteiger charge is 2.42. The molecule has 1 atom stereocenters. The molecule has 186 valence electrons. The van der Waals surface area contributed by atoms with Crippen LogP contribution in [0.25, 0.3) is 0 Å². The van der Waals surface area contributed by atoms with E-state index in [0.29, 0.717) is 12.1 Å². The Labute approximate surface area is 210 Å². The Kier molecular flexibility index (Phi) is 5.74. The van der Waals surface area contributed by atoms with E-state index < -0.39 is 5.97 Å². The molecule has 1 spiro atoms. The minimum atomic E-state index is -0.968. The second-order valence-corrected chi connectivity index (χ2v) is 10.4. The number of benzene rings is 1. The van der Waals surface area contributed by atoms with Crippen molar-refractivity contribution in [2.45, 2.75) is 38.1 Å². The van der Waals surface area contributed by atoms with Crippen LogP contribution in [-0.4, -0.2) is 70.7 Å². The van der Waals surface area contributed by atoms with Crippen molar-refractivity contribution in [2.75, 3.05) is 37.6 Å². The lowest BCUT2D eigenvalue weighted by molar-refractivity contribution is -0.134. The van der Waals surface area contributed by atoms with Crippen molar-refractivity contribution in [2.24, 2.45) is 10.4 Å². The lowest BCUT2D eigenvalue weighted by Gasteiger charge is -2.40. The summed E-state index contributed by atoms with van der Waals surface area (Å²) < 4.78 is 0. The van der Waals surface area contributed by atoms with Gasteiger partial charge in [0.05, 0.1) is 18.8 Å². The minimum Gasteiger partial charge on any atom is -0.477 e. The van der Waals surface area contributed by atoms with Crippen LogP contribution < -0.4 is 4.90 Å². The van der Waals surface area contributed by atoms with Crippen LogP contribution in [-0.2, 0) is 11.2 Å². The van der Waals surface area contributed by atoms with Gasteiger partial charge in [0.1, 0.15) is 5.70 Å². The molecule has 8 nitrogen and oxygen atoms in total. The number of anilines is 1. The molecule has 1 amide bonds. The van der Waals surface area contributed by atoms with Gasteiger partial charge in [-0.05, 0) is 72.9 Å². The molecule has 2 aromatic rings. The Balaban J connectivity index is 1.15. The van der Waals surface area contributed by atoms with E-state index in [2.05, 4.69) is 33.1 Å². The average molecular weight is 486 g/mol. The van der Waals surface area contributed by atoms with Gasteiger partial charge in [0.25, 0.3) is 5.91 Å². The van der Waals surface area contributed by atoms with Crippen molar-refractivity contribution in [1.29, 1.82) is 0 Å². The number of carbonyl (C=O) groups excluding carboxylic acids is 1. The number of carboxylic acids is 1. The van der Waals surface area contributed by atoms with Gasteiger partial charge >= 0.3 is 5.97 Å². The number of aromatic nitrogens is 1. The molecule has 36 heavy (non-hydrogen) atoms. The summed E-state index contributed by atoms with van der Waals surface area (Å²) in [6.45, 7) is 4.08. The molecule has 2 saturated heterocycles. The first kappa shape index (κ1) is 22.8. The average Bonchev–Trinajstić information content (AvgIpc) is 3.53. The van der Waals surface area contributed by atoms with Crippen LogP contribution in [0.4, 0.5) is 5.69 Å². The number of nitrogens with zero attached hydrogens (tertiary/aromatic N) is 5. The van der Waals surface area contributed by atoms with Crippen LogP contribution >= 0.6 is 0 Å². The third kappa shape index (κ3) is 4.04. The maximum Gasteiger partial charge on any atom is 0.353 e. The van der Waals surface area contributed by atoms with Crippen molar-refractivity contribution < 1.29 is 14.7 Å². The fraction of sp³-hybridized carbons (Fsp3) is 0.429. The van der Waals surface area contributed by atoms with Crippen LogP contribution in [0.5, 0.6) is 0 Å². The first-order chi connectivity index (χ1) is 17.5. The molecule has 4 aliphatic rings. The number of aliphatic imine (C=N–C) groups is 1. The van der Waals surface area contributed by atoms with Gasteiger partial charge in [-0.2, -0.15) is 0 Å². The highest BCUT2D eigenvalue weighted by atomic mass is 16.4. The Hall–Kier alpha value is -3.68. The Morgan fingerprint density at radius 1 is 1.03 bits per heavy atom. The topological polar surface area (TPSA) is 89.3 Å². The van der Waals surface area contributed by atoms with Crippen LogP contribution in [0.3, 0.4) is 0 Å². The SMILES string of the molecule is O=C(O)C1=CN=CCN1C1CCc2ccc(C(=O)N3CCC4(CCN(c5ccncc5)CC4)C3)cc21. The lowest BCUT2D eigenvalue weighted by Crippen LogP contribution is -2.42. The predicted molar refractivity (Wildman–Crippen MR) is 137 cm³/mol. The third-order valence-corrected chi connectivity index (χ3v) is 8.50. The second kappa shape index (κ2) is 9.08. The largest absolute Gasteiger partial charge is 0.477 e. The first-order valence-corrected chi connectivity index (χ1v) is 12.8. The number of hydrogen-bond acceptors (Lipinski definition) is 6. The van der Waals surface area contributed by atoms with Crippen LogP contribution in [0.1, 0.15) is 53.2 Å². The molecule has 2 fully saturated rings. The van der Waals surface area contributed by atoms with E-state index in [0.717, 1.165) is 63.8 Å². The van der Waals surface area contributed by atoms with Crippen LogP contribution in [0, 0.1) is 5.41 Å². The quantitative estimate of drug-likeness (QED) is 0.713. The van der Waals surface area contributed by atoms with Gasteiger partial charge in [-0.15, -0.1) is 0 Å². The number of likely N-dealkylation sites (tertiary alicyclic amines) is 1. The molecule has 1 aromatic carbocycles. The minimum absolute atomic E-state index is 0.0516. The molecule has 0 saturated carbocycles. The fourth-order valence-electron chi connectivity index (χ4n) is 6.43. The van der Waals surface area contributed by atoms with Gasteiger partial charge in [0, 0.05) is 56.0 Å². The first-order valence-electron chi connectivity index (χ1n) is 12.8. The number of carbonyl (C=O) groups is 2. The molecule has 3 aliphatic heterocycles. The Morgan fingerprint density at radius 2 is 1.81 bits per heavy atom. The summed E-state index contributed by atoms with van der Waals surface area (Å²) in [5.41, 5.74) is 4.62. The standard InChI is InChI=1S/C28H31N5O3/c34-26(32-15-9-28(19-32)7-13-31(14-8-28)22-5-10-29-11-6-22)21-2-1-20-3-4-24(23(20)17-21)33-16-12-30-18-25(33)27(35)36/h1-2,5-6,10-12,17-18,24H,3-4,7-9,13-16,19H2,(H,35,36). The van der Waals surface area contributed by atoms with Crippen molar-refractivity contribution in [1.82, 2.24) is 14.8 Å². The number of carboxylic acid groups (broad SMARTS) is 1. The predicted octanol–water partition coefficient (Wildman–Crippen LogP) is 3.51. The number of pyridine rings is 1. The molecular formula is C28H31N5O3. The summed E-state index contributed by atoms with van der Waals surface area (Å²) in [4.78, 5) is 39.9. The van der Waals surface area contributed by atoms with E-state index in [9.17, 15) is 14.7 Å². The lowest BCUT2D eigenvalue weighted by atomic mass is 9.77. The van der Waals surface area contributed by atoms with E-state index in [1.54, 1.807) is 6.21 Å². The van der Waals surface area contributed by atoms with Crippen LogP contribution in [0.2, 0.25) is 0 Å². The number of rotatable bonds is 4. The summed E-state index contributed by atoms with van der Waals surface area (Å²) in [6, 6.07) is 10.1. The summed E-state index contributed by atoms with van der Waals surface area (Å²) in [5, 5.41) is 9.66. The van der Waals surface area contributed by atoms with Gasteiger partial charge in [-0.3, -0.25) is 14.8 Å². The smallest absolute Gasteiger partial charge is 0.353 e. The molecular weight excluding hydrogens is 454 g/mol. The van der Waals surface area contributed by atoms with Crippen molar-refractivity contribution in [3.8, 4) is 0 Å². The molecule has 1 aliphatic carbocycles. The molecule has 6 rings (SSSR count). The number of piperidine rings is 1. The van der Waals surface area contributed by atoms with Gasteiger partial charge in [0.15, 0.2) is 0 Å². The van der Waals surface area contributed by atoms with E-state index in [1.165, 1.54) is 17.5 Å². The van der Waals surface area contributed by atoms with E-state index >= 15 is 0 Å². The number of aryl methyl sites for hydroxylation is 1. The van der Waals surface area contributed by atoms with Crippen molar-refractivity contribution in [3.05, 3.63) is 71.3 Å². The Morgan fingerprint density at radius 3 is 2.58 bits per heavy atom. The van der Waals surface area contributed by atoms with Gasteiger partial charge < -0.3 is 19.8 Å². The zero-order valence-corrected chi connectivity index (χ0v) is 20.3. The molecule has 1 aromatic heterocycles. The fourth-order valence-corrected chi connectivity index (χ4v) is 6.43.